The van der Waals surface area contributed by atoms with Crippen molar-refractivity contribution in [3.05, 3.63) is 27.2 Å². The molecule has 2 atom stereocenters. The van der Waals surface area contributed by atoms with Gasteiger partial charge in [-0.05, 0) is 6.07 Å². The molecule has 1 heterocycles. The first-order valence-corrected chi connectivity index (χ1v) is 6.77. The van der Waals surface area contributed by atoms with Crippen LogP contribution in [0.5, 0.6) is 5.75 Å². The third kappa shape index (κ3) is 3.45. The van der Waals surface area contributed by atoms with Crippen LogP contribution in [0.3, 0.4) is 0 Å². The highest BCUT2D eigenvalue weighted by Gasteiger charge is 2.31. The van der Waals surface area contributed by atoms with Crippen molar-refractivity contribution in [1.82, 2.24) is 5.32 Å². The molecule has 19 heavy (non-hydrogen) atoms. The van der Waals surface area contributed by atoms with Gasteiger partial charge in [-0.15, -0.1) is 0 Å². The van der Waals surface area contributed by atoms with Crippen LogP contribution in [0.2, 0.25) is 15.1 Å². The molecule has 0 unspecified atom stereocenters. The zero-order valence-electron chi connectivity index (χ0n) is 10.1. The minimum absolute atomic E-state index is 0.168. The van der Waals surface area contributed by atoms with E-state index in [9.17, 15) is 4.79 Å². The molecule has 0 amide bonds. The lowest BCUT2D eigenvalue weighted by Crippen LogP contribution is -2.31. The zero-order valence-corrected chi connectivity index (χ0v) is 12.4. The molecule has 0 saturated carbocycles. The fraction of sp³-hybridized carbons (Fsp3) is 0.417. The average molecular weight is 325 g/mol. The van der Waals surface area contributed by atoms with Crippen LogP contribution in [0, 0.1) is 0 Å². The van der Waals surface area contributed by atoms with Crippen LogP contribution in [0.4, 0.5) is 0 Å². The van der Waals surface area contributed by atoms with E-state index in [2.05, 4.69) is 10.1 Å². The van der Waals surface area contributed by atoms with Crippen LogP contribution >= 0.6 is 34.8 Å². The van der Waals surface area contributed by atoms with Crippen LogP contribution in [-0.2, 0) is 9.53 Å². The number of rotatable bonds is 3. The van der Waals surface area contributed by atoms with E-state index < -0.39 is 0 Å². The molecule has 4 nitrogen and oxygen atoms in total. The summed E-state index contributed by atoms with van der Waals surface area (Å²) in [5, 5.41) is 4.15. The first-order chi connectivity index (χ1) is 9.01. The molecule has 1 aliphatic rings. The van der Waals surface area contributed by atoms with E-state index >= 15 is 0 Å². The number of methoxy groups -OCH3 is 1. The highest BCUT2D eigenvalue weighted by Crippen LogP contribution is 2.35. The second-order valence-electron chi connectivity index (χ2n) is 4.16. The zero-order chi connectivity index (χ0) is 14.0. The van der Waals surface area contributed by atoms with Crippen LogP contribution in [-0.4, -0.2) is 31.8 Å². The molecular formula is C12H12Cl3NO3. The van der Waals surface area contributed by atoms with Crippen LogP contribution < -0.4 is 10.1 Å². The minimum Gasteiger partial charge on any atom is -0.487 e. The van der Waals surface area contributed by atoms with Crippen LogP contribution in [0.1, 0.15) is 6.42 Å². The van der Waals surface area contributed by atoms with Gasteiger partial charge in [0.1, 0.15) is 17.9 Å². The van der Waals surface area contributed by atoms with Gasteiger partial charge in [-0.1, -0.05) is 34.8 Å². The van der Waals surface area contributed by atoms with Crippen molar-refractivity contribution in [1.29, 1.82) is 0 Å². The molecule has 1 fully saturated rings. The van der Waals surface area contributed by atoms with Crippen molar-refractivity contribution in [2.45, 2.75) is 18.6 Å². The summed E-state index contributed by atoms with van der Waals surface area (Å²) in [5.41, 5.74) is 0. The molecule has 1 N–H and O–H groups in total. The highest BCUT2D eigenvalue weighted by molar-refractivity contribution is 6.43. The van der Waals surface area contributed by atoms with Gasteiger partial charge in [-0.25, -0.2) is 0 Å². The van der Waals surface area contributed by atoms with E-state index in [1.165, 1.54) is 13.2 Å². The minimum atomic E-state index is -0.350. The Kier molecular flexibility index (Phi) is 4.79. The normalized spacial score (nSPS) is 22.3. The third-order valence-electron chi connectivity index (χ3n) is 2.84. The second kappa shape index (κ2) is 6.18. The van der Waals surface area contributed by atoms with Gasteiger partial charge in [0, 0.05) is 19.0 Å². The van der Waals surface area contributed by atoms with Gasteiger partial charge in [-0.3, -0.25) is 4.79 Å². The molecule has 1 aromatic rings. The van der Waals surface area contributed by atoms with E-state index in [1.807, 2.05) is 0 Å². The second-order valence-corrected chi connectivity index (χ2v) is 5.38. The third-order valence-corrected chi connectivity index (χ3v) is 3.86. The van der Waals surface area contributed by atoms with Gasteiger partial charge in [0.2, 0.25) is 0 Å². The number of esters is 1. The van der Waals surface area contributed by atoms with Gasteiger partial charge in [0.05, 0.1) is 22.2 Å². The Balaban J connectivity index is 2.03. The summed E-state index contributed by atoms with van der Waals surface area (Å²) >= 11 is 17.8. The number of ether oxygens (including phenoxy) is 2. The van der Waals surface area contributed by atoms with E-state index in [0.29, 0.717) is 33.8 Å². The number of hydrogen-bond acceptors (Lipinski definition) is 4. The monoisotopic (exact) mass is 323 g/mol. The summed E-state index contributed by atoms with van der Waals surface area (Å²) in [4.78, 5) is 11.4. The van der Waals surface area contributed by atoms with Gasteiger partial charge >= 0.3 is 5.97 Å². The molecule has 0 aliphatic carbocycles. The maximum absolute atomic E-state index is 11.4. The van der Waals surface area contributed by atoms with E-state index in [0.717, 1.165) is 0 Å². The Bertz CT molecular complexity index is 495. The van der Waals surface area contributed by atoms with Gasteiger partial charge in [0.15, 0.2) is 0 Å². The summed E-state index contributed by atoms with van der Waals surface area (Å²) in [6.07, 6.45) is 0.349. The van der Waals surface area contributed by atoms with Crippen molar-refractivity contribution < 1.29 is 14.3 Å². The van der Waals surface area contributed by atoms with Gasteiger partial charge in [0.25, 0.3) is 0 Å². The molecule has 1 saturated heterocycles. The first kappa shape index (κ1) is 14.7. The molecule has 1 aliphatic heterocycles. The number of halogens is 3. The van der Waals surface area contributed by atoms with E-state index in [4.69, 9.17) is 39.5 Å². The molecule has 0 bridgehead atoms. The first-order valence-electron chi connectivity index (χ1n) is 5.63. The number of nitrogens with one attached hydrogen (secondary N) is 1. The lowest BCUT2D eigenvalue weighted by atomic mass is 10.2. The maximum Gasteiger partial charge on any atom is 0.323 e. The predicted octanol–water partition coefficient (Wildman–Crippen LogP) is 2.93. The lowest BCUT2D eigenvalue weighted by molar-refractivity contribution is -0.142. The van der Waals surface area contributed by atoms with Gasteiger partial charge in [-0.2, -0.15) is 0 Å². The van der Waals surface area contributed by atoms with Crippen molar-refractivity contribution in [3.63, 3.8) is 0 Å². The fourth-order valence-electron chi connectivity index (χ4n) is 1.89. The predicted molar refractivity (Wildman–Crippen MR) is 74.3 cm³/mol. The number of hydrogen-bond donors (Lipinski definition) is 1. The molecule has 7 heteroatoms. The number of carbonyl (C=O) groups excluding carboxylic acids is 1. The smallest absolute Gasteiger partial charge is 0.323 e. The Labute approximate surface area is 125 Å². The van der Waals surface area contributed by atoms with Crippen molar-refractivity contribution in [2.24, 2.45) is 0 Å². The molecule has 104 valence electrons. The topological polar surface area (TPSA) is 47.6 Å². The molecule has 1 aromatic carbocycles. The quantitative estimate of drug-likeness (QED) is 0.686. The summed E-state index contributed by atoms with van der Waals surface area (Å²) < 4.78 is 10.4. The van der Waals surface area contributed by atoms with Crippen LogP contribution in [0.25, 0.3) is 0 Å². The summed E-state index contributed by atoms with van der Waals surface area (Å²) in [6.45, 7) is 0.538. The molecule has 0 spiro atoms. The highest BCUT2D eigenvalue weighted by atomic mass is 35.5. The Morgan fingerprint density at radius 3 is 2.63 bits per heavy atom. The summed E-state index contributed by atoms with van der Waals surface area (Å²) in [6, 6.07) is 2.75. The van der Waals surface area contributed by atoms with Crippen molar-refractivity contribution in [3.8, 4) is 5.75 Å². The van der Waals surface area contributed by atoms with Crippen LogP contribution in [0.15, 0.2) is 12.1 Å². The Morgan fingerprint density at radius 2 is 1.95 bits per heavy atom. The summed E-state index contributed by atoms with van der Waals surface area (Å²) in [5.74, 6) is 0.153. The SMILES string of the molecule is COC(=O)[C@@H]1C[C@H](Oc2cc(Cl)c(Cl)cc2Cl)CN1. The Morgan fingerprint density at radius 1 is 1.26 bits per heavy atom. The maximum atomic E-state index is 11.4. The fourth-order valence-corrected chi connectivity index (χ4v) is 2.47. The van der Waals surface area contributed by atoms with E-state index in [1.54, 1.807) is 6.07 Å². The summed E-state index contributed by atoms with van der Waals surface area (Å²) in [7, 11) is 1.36. The number of benzene rings is 1. The lowest BCUT2D eigenvalue weighted by Gasteiger charge is -2.14. The number of carbonyl (C=O) groups is 1. The van der Waals surface area contributed by atoms with Crippen molar-refractivity contribution in [2.75, 3.05) is 13.7 Å². The molecule has 0 aromatic heterocycles. The largest absolute Gasteiger partial charge is 0.487 e. The standard InChI is InChI=1S/C12H12Cl3NO3/c1-18-12(17)10-2-6(5-16-10)19-11-4-8(14)7(13)3-9(11)15/h3-4,6,10,16H,2,5H2,1H3/t6-,10-/m0/s1. The van der Waals surface area contributed by atoms with Gasteiger partial charge < -0.3 is 14.8 Å². The molecule has 0 radical (unpaired) electrons. The Hall–Kier alpha value is -0.680. The average Bonchev–Trinajstić information content (AvgIpc) is 2.83. The van der Waals surface area contributed by atoms with E-state index in [-0.39, 0.29) is 18.1 Å². The molecular weight excluding hydrogens is 312 g/mol. The molecule has 2 rings (SSSR count). The van der Waals surface area contributed by atoms with Crippen molar-refractivity contribution >= 4 is 40.8 Å².